The van der Waals surface area contributed by atoms with Gasteiger partial charge in [0, 0.05) is 23.7 Å². The van der Waals surface area contributed by atoms with E-state index < -0.39 is 12.0 Å². The van der Waals surface area contributed by atoms with Crippen molar-refractivity contribution in [2.24, 2.45) is 5.92 Å². The number of nitrogens with one attached hydrogen (secondary N) is 1. The SMILES string of the molecule is CCCC(NC(=O)c1ccc(CN(C(C)C)C(C)(C)CC2CCCCC2)cc1-c1ccccc1C)C(=O)O. The van der Waals surface area contributed by atoms with Crippen LogP contribution in [-0.4, -0.2) is 39.5 Å². The molecule has 38 heavy (non-hydrogen) atoms. The number of aryl methyl sites for hydroxylation is 1. The highest BCUT2D eigenvalue weighted by molar-refractivity contribution is 6.02. The van der Waals surface area contributed by atoms with Gasteiger partial charge in [0.15, 0.2) is 0 Å². The third-order valence-corrected chi connectivity index (χ3v) is 8.21. The van der Waals surface area contributed by atoms with Crippen LogP contribution >= 0.6 is 0 Å². The Bertz CT molecular complexity index is 1090. The van der Waals surface area contributed by atoms with Gasteiger partial charge in [-0.15, -0.1) is 0 Å². The van der Waals surface area contributed by atoms with E-state index in [1.807, 2.05) is 37.3 Å². The monoisotopic (exact) mass is 520 g/mol. The standard InChI is InChI=1S/C33H48N2O3/c1-7-13-30(32(37)38)34-31(36)28-19-18-26(20-29(28)27-17-12-11-14-24(27)4)22-35(23(2)3)33(5,6)21-25-15-9-8-10-16-25/h11-12,14,17-20,23,25,30H,7-10,13,15-16,21-22H2,1-6H3,(H,34,36)(H,37,38). The summed E-state index contributed by atoms with van der Waals surface area (Å²) in [4.78, 5) is 27.7. The van der Waals surface area contributed by atoms with Crippen molar-refractivity contribution >= 4 is 11.9 Å². The average Bonchev–Trinajstić information content (AvgIpc) is 2.87. The largest absolute Gasteiger partial charge is 0.480 e. The van der Waals surface area contributed by atoms with Gasteiger partial charge in [-0.2, -0.15) is 0 Å². The lowest BCUT2D eigenvalue weighted by atomic mass is 9.79. The zero-order valence-electron chi connectivity index (χ0n) is 24.3. The fraction of sp³-hybridized carbons (Fsp3) is 0.576. The van der Waals surface area contributed by atoms with E-state index >= 15 is 0 Å². The molecule has 0 bridgehead atoms. The number of hydrogen-bond donors (Lipinski definition) is 2. The molecule has 0 spiro atoms. The first kappa shape index (κ1) is 29.9. The van der Waals surface area contributed by atoms with Gasteiger partial charge in [0.2, 0.25) is 0 Å². The number of carbonyl (C=O) groups excluding carboxylic acids is 1. The van der Waals surface area contributed by atoms with Crippen LogP contribution in [0.2, 0.25) is 0 Å². The number of carboxylic acids is 1. The number of rotatable bonds is 12. The lowest BCUT2D eigenvalue weighted by Crippen LogP contribution is -2.48. The number of carbonyl (C=O) groups is 2. The van der Waals surface area contributed by atoms with Crippen LogP contribution in [0.1, 0.15) is 107 Å². The summed E-state index contributed by atoms with van der Waals surface area (Å²) in [6, 6.07) is 13.6. The molecule has 0 saturated heterocycles. The van der Waals surface area contributed by atoms with Crippen LogP contribution in [0.4, 0.5) is 0 Å². The van der Waals surface area contributed by atoms with Crippen LogP contribution < -0.4 is 5.32 Å². The second-order valence-corrected chi connectivity index (χ2v) is 12.1. The highest BCUT2D eigenvalue weighted by Gasteiger charge is 2.32. The molecule has 1 fully saturated rings. The average molecular weight is 521 g/mol. The summed E-state index contributed by atoms with van der Waals surface area (Å²) in [6.07, 6.45) is 9.04. The molecule has 5 nitrogen and oxygen atoms in total. The van der Waals surface area contributed by atoms with Crippen LogP contribution in [0.3, 0.4) is 0 Å². The van der Waals surface area contributed by atoms with Crippen molar-refractivity contribution in [3.8, 4) is 11.1 Å². The van der Waals surface area contributed by atoms with Crippen LogP contribution in [0.5, 0.6) is 0 Å². The Morgan fingerprint density at radius 1 is 1.05 bits per heavy atom. The molecule has 1 amide bonds. The van der Waals surface area contributed by atoms with E-state index in [9.17, 15) is 14.7 Å². The minimum Gasteiger partial charge on any atom is -0.480 e. The van der Waals surface area contributed by atoms with E-state index in [4.69, 9.17) is 0 Å². The molecular weight excluding hydrogens is 472 g/mol. The second kappa shape index (κ2) is 13.4. The fourth-order valence-electron chi connectivity index (χ4n) is 6.27. The van der Waals surface area contributed by atoms with Crippen molar-refractivity contribution in [3.05, 3.63) is 59.2 Å². The minimum absolute atomic E-state index is 0.0594. The van der Waals surface area contributed by atoms with Gasteiger partial charge in [0.1, 0.15) is 6.04 Å². The summed E-state index contributed by atoms with van der Waals surface area (Å²) in [5.41, 5.74) is 4.67. The Balaban J connectivity index is 1.95. The molecule has 5 heteroatoms. The zero-order chi connectivity index (χ0) is 27.9. The Kier molecular flexibility index (Phi) is 10.6. The molecule has 2 aromatic rings. The molecular formula is C33H48N2O3. The van der Waals surface area contributed by atoms with Crippen LogP contribution in [0.15, 0.2) is 42.5 Å². The van der Waals surface area contributed by atoms with Crippen molar-refractivity contribution in [1.29, 1.82) is 0 Å². The van der Waals surface area contributed by atoms with Gasteiger partial charge in [-0.1, -0.05) is 75.8 Å². The van der Waals surface area contributed by atoms with Crippen molar-refractivity contribution in [2.75, 3.05) is 0 Å². The van der Waals surface area contributed by atoms with Gasteiger partial charge in [-0.3, -0.25) is 9.69 Å². The molecule has 1 unspecified atom stereocenters. The van der Waals surface area contributed by atoms with E-state index in [0.29, 0.717) is 24.4 Å². The number of carboxylic acid groups (broad SMARTS) is 1. The summed E-state index contributed by atoms with van der Waals surface area (Å²) in [5.74, 6) is -0.546. The van der Waals surface area contributed by atoms with Crippen molar-refractivity contribution in [3.63, 3.8) is 0 Å². The summed E-state index contributed by atoms with van der Waals surface area (Å²) >= 11 is 0. The van der Waals surface area contributed by atoms with Gasteiger partial charge >= 0.3 is 5.97 Å². The van der Waals surface area contributed by atoms with Crippen molar-refractivity contribution < 1.29 is 14.7 Å². The molecule has 3 rings (SSSR count). The highest BCUT2D eigenvalue weighted by Crippen LogP contribution is 2.36. The first-order chi connectivity index (χ1) is 18.0. The van der Waals surface area contributed by atoms with Crippen LogP contribution in [-0.2, 0) is 11.3 Å². The van der Waals surface area contributed by atoms with Crippen LogP contribution in [0, 0.1) is 12.8 Å². The predicted molar refractivity (Wildman–Crippen MR) is 156 cm³/mol. The van der Waals surface area contributed by atoms with Gasteiger partial charge in [-0.05, 0) is 87.8 Å². The minimum atomic E-state index is -0.998. The third-order valence-electron chi connectivity index (χ3n) is 8.21. The Hall–Kier alpha value is -2.66. The van der Waals surface area contributed by atoms with Gasteiger partial charge < -0.3 is 10.4 Å². The topological polar surface area (TPSA) is 69.6 Å². The van der Waals surface area contributed by atoms with E-state index in [2.05, 4.69) is 57.0 Å². The molecule has 0 radical (unpaired) electrons. The van der Waals surface area contributed by atoms with E-state index in [1.54, 1.807) is 0 Å². The number of nitrogens with zero attached hydrogens (tertiary/aromatic N) is 1. The van der Waals surface area contributed by atoms with Crippen molar-refractivity contribution in [2.45, 2.75) is 117 Å². The molecule has 1 aliphatic rings. The maximum Gasteiger partial charge on any atom is 0.326 e. The molecule has 2 N–H and O–H groups in total. The first-order valence-corrected chi connectivity index (χ1v) is 14.5. The van der Waals surface area contributed by atoms with E-state index in [0.717, 1.165) is 34.7 Å². The molecule has 208 valence electrons. The molecule has 1 aliphatic carbocycles. The van der Waals surface area contributed by atoms with Gasteiger partial charge in [0.05, 0.1) is 0 Å². The predicted octanol–water partition coefficient (Wildman–Crippen LogP) is 7.60. The highest BCUT2D eigenvalue weighted by atomic mass is 16.4. The maximum atomic E-state index is 13.4. The van der Waals surface area contributed by atoms with E-state index in [-0.39, 0.29) is 11.4 Å². The quantitative estimate of drug-likeness (QED) is 0.302. The number of hydrogen-bond acceptors (Lipinski definition) is 3. The Morgan fingerprint density at radius 2 is 1.74 bits per heavy atom. The molecule has 1 saturated carbocycles. The number of aliphatic carboxylic acids is 1. The lowest BCUT2D eigenvalue weighted by molar-refractivity contribution is -0.139. The lowest BCUT2D eigenvalue weighted by Gasteiger charge is -2.44. The zero-order valence-corrected chi connectivity index (χ0v) is 24.3. The molecule has 2 aromatic carbocycles. The van der Waals surface area contributed by atoms with Crippen molar-refractivity contribution in [1.82, 2.24) is 10.2 Å². The molecule has 0 aromatic heterocycles. The van der Waals surface area contributed by atoms with E-state index in [1.165, 1.54) is 38.5 Å². The Morgan fingerprint density at radius 3 is 2.34 bits per heavy atom. The first-order valence-electron chi connectivity index (χ1n) is 14.5. The van der Waals surface area contributed by atoms with Crippen LogP contribution in [0.25, 0.3) is 11.1 Å². The normalized spacial score (nSPS) is 15.6. The third kappa shape index (κ3) is 7.69. The molecule has 0 aliphatic heterocycles. The summed E-state index contributed by atoms with van der Waals surface area (Å²) in [7, 11) is 0. The summed E-state index contributed by atoms with van der Waals surface area (Å²) in [6.45, 7) is 14.1. The number of amides is 1. The Labute approximate surface area is 230 Å². The summed E-state index contributed by atoms with van der Waals surface area (Å²) in [5, 5.41) is 12.4. The van der Waals surface area contributed by atoms with Gasteiger partial charge in [-0.25, -0.2) is 4.79 Å². The molecule has 1 atom stereocenters. The summed E-state index contributed by atoms with van der Waals surface area (Å²) < 4.78 is 0. The second-order valence-electron chi connectivity index (χ2n) is 12.1. The molecule has 0 heterocycles. The van der Waals surface area contributed by atoms with Gasteiger partial charge in [0.25, 0.3) is 5.91 Å². The number of benzene rings is 2. The fourth-order valence-corrected chi connectivity index (χ4v) is 6.27. The maximum absolute atomic E-state index is 13.4. The smallest absolute Gasteiger partial charge is 0.326 e.